The van der Waals surface area contributed by atoms with Gasteiger partial charge in [0.25, 0.3) is 5.91 Å². The van der Waals surface area contributed by atoms with Crippen molar-refractivity contribution in [2.75, 3.05) is 12.8 Å². The van der Waals surface area contributed by atoms with E-state index in [1.165, 1.54) is 12.5 Å². The zero-order valence-corrected chi connectivity index (χ0v) is 10.3. The van der Waals surface area contributed by atoms with Crippen molar-refractivity contribution in [2.45, 2.75) is 0 Å². The molecule has 0 saturated carbocycles. The maximum Gasteiger partial charge on any atom is 0.291 e. The van der Waals surface area contributed by atoms with Crippen molar-refractivity contribution in [2.24, 2.45) is 5.10 Å². The Hall–Kier alpha value is -2.83. The van der Waals surface area contributed by atoms with Crippen LogP contribution in [-0.4, -0.2) is 29.2 Å². The molecule has 1 amide bonds. The van der Waals surface area contributed by atoms with Crippen molar-refractivity contribution in [3.05, 3.63) is 41.9 Å². The van der Waals surface area contributed by atoms with Gasteiger partial charge in [0.15, 0.2) is 5.82 Å². The van der Waals surface area contributed by atoms with Gasteiger partial charge in [-0.15, -0.1) is 0 Å². The largest absolute Gasteiger partial charge is 0.496 e. The molecular weight excluding hydrogens is 246 g/mol. The molecule has 0 radical (unpaired) electrons. The number of nitrogen functional groups attached to an aromatic ring is 1. The molecule has 0 aliphatic heterocycles. The van der Waals surface area contributed by atoms with Crippen molar-refractivity contribution < 1.29 is 9.53 Å². The molecule has 0 aliphatic carbocycles. The summed E-state index contributed by atoms with van der Waals surface area (Å²) >= 11 is 0. The second-order valence-corrected chi connectivity index (χ2v) is 3.60. The second-order valence-electron chi connectivity index (χ2n) is 3.60. The summed E-state index contributed by atoms with van der Waals surface area (Å²) in [4.78, 5) is 18.0. The second kappa shape index (κ2) is 5.67. The highest BCUT2D eigenvalue weighted by Crippen LogP contribution is 2.14. The van der Waals surface area contributed by atoms with Gasteiger partial charge in [0.05, 0.1) is 19.7 Å². The van der Waals surface area contributed by atoms with Crippen LogP contribution in [0.2, 0.25) is 0 Å². The van der Waals surface area contributed by atoms with E-state index in [9.17, 15) is 4.79 Å². The molecule has 7 heteroatoms. The fourth-order valence-corrected chi connectivity index (χ4v) is 1.48. The van der Waals surface area contributed by atoms with E-state index in [1.54, 1.807) is 13.2 Å². The lowest BCUT2D eigenvalue weighted by Crippen LogP contribution is -2.19. The molecule has 19 heavy (non-hydrogen) atoms. The van der Waals surface area contributed by atoms with Crippen molar-refractivity contribution in [1.82, 2.24) is 15.4 Å². The Labute approximate surface area is 109 Å². The Bertz CT molecular complexity index is 606. The Morgan fingerprint density at radius 1 is 1.53 bits per heavy atom. The van der Waals surface area contributed by atoms with Crippen LogP contribution in [0.4, 0.5) is 5.82 Å². The number of carbonyl (C=O) groups excluding carboxylic acids is 1. The van der Waals surface area contributed by atoms with Crippen LogP contribution >= 0.6 is 0 Å². The molecule has 0 saturated heterocycles. The molecule has 98 valence electrons. The quantitative estimate of drug-likeness (QED) is 0.557. The molecular formula is C12H13N5O2. The van der Waals surface area contributed by atoms with Crippen molar-refractivity contribution in [3.8, 4) is 5.75 Å². The van der Waals surface area contributed by atoms with Gasteiger partial charge in [-0.05, 0) is 12.1 Å². The van der Waals surface area contributed by atoms with Gasteiger partial charge in [0.1, 0.15) is 11.4 Å². The number of amides is 1. The number of nitrogens with one attached hydrogen (secondary N) is 2. The number of benzene rings is 1. The molecule has 0 spiro atoms. The number of methoxy groups -OCH3 is 1. The Balaban J connectivity index is 2.04. The molecule has 0 bridgehead atoms. The van der Waals surface area contributed by atoms with Crippen LogP contribution < -0.4 is 15.9 Å². The molecule has 1 heterocycles. The van der Waals surface area contributed by atoms with Crippen LogP contribution in [0.5, 0.6) is 5.75 Å². The minimum Gasteiger partial charge on any atom is -0.496 e. The first-order chi connectivity index (χ1) is 9.22. The highest BCUT2D eigenvalue weighted by Gasteiger charge is 2.10. The van der Waals surface area contributed by atoms with E-state index >= 15 is 0 Å². The summed E-state index contributed by atoms with van der Waals surface area (Å²) in [6.45, 7) is 0. The molecule has 0 unspecified atom stereocenters. The molecule has 0 atom stereocenters. The minimum absolute atomic E-state index is 0.130. The zero-order valence-electron chi connectivity index (χ0n) is 10.3. The third-order valence-corrected chi connectivity index (χ3v) is 2.40. The van der Waals surface area contributed by atoms with Crippen LogP contribution in [0.15, 0.2) is 35.7 Å². The van der Waals surface area contributed by atoms with E-state index in [2.05, 4.69) is 20.5 Å². The maximum atomic E-state index is 11.7. The van der Waals surface area contributed by atoms with E-state index < -0.39 is 5.91 Å². The highest BCUT2D eigenvalue weighted by atomic mass is 16.5. The molecule has 1 aromatic heterocycles. The predicted octanol–water partition coefficient (Wildman–Crippen LogP) is 0.764. The van der Waals surface area contributed by atoms with E-state index in [4.69, 9.17) is 10.5 Å². The van der Waals surface area contributed by atoms with Gasteiger partial charge in [-0.25, -0.2) is 10.4 Å². The predicted molar refractivity (Wildman–Crippen MR) is 71.1 cm³/mol. The lowest BCUT2D eigenvalue weighted by Gasteiger charge is -2.03. The lowest BCUT2D eigenvalue weighted by atomic mass is 10.2. The van der Waals surface area contributed by atoms with Crippen LogP contribution in [0.3, 0.4) is 0 Å². The summed E-state index contributed by atoms with van der Waals surface area (Å²) in [6.07, 6.45) is 2.83. The van der Waals surface area contributed by atoms with Crippen LogP contribution in [0, 0.1) is 0 Å². The van der Waals surface area contributed by atoms with E-state index in [0.717, 1.165) is 5.56 Å². The molecule has 4 N–H and O–H groups in total. The number of hydrogen-bond acceptors (Lipinski definition) is 5. The number of hydrogen-bond donors (Lipinski definition) is 3. The Kier molecular flexibility index (Phi) is 3.77. The highest BCUT2D eigenvalue weighted by molar-refractivity contribution is 5.97. The average Bonchev–Trinajstić information content (AvgIpc) is 2.85. The fraction of sp³-hybridized carbons (Fsp3) is 0.0833. The monoisotopic (exact) mass is 259 g/mol. The number of imidazole rings is 1. The van der Waals surface area contributed by atoms with Gasteiger partial charge in [-0.1, -0.05) is 12.1 Å². The van der Waals surface area contributed by atoms with E-state index in [1.807, 2.05) is 18.2 Å². The van der Waals surface area contributed by atoms with Crippen LogP contribution in [0.25, 0.3) is 0 Å². The minimum atomic E-state index is -0.457. The van der Waals surface area contributed by atoms with Crippen molar-refractivity contribution >= 4 is 17.9 Å². The third kappa shape index (κ3) is 2.89. The molecule has 1 aromatic carbocycles. The van der Waals surface area contributed by atoms with Gasteiger partial charge in [0, 0.05) is 5.56 Å². The first-order valence-electron chi connectivity index (χ1n) is 5.47. The average molecular weight is 259 g/mol. The summed E-state index contributed by atoms with van der Waals surface area (Å²) in [5.74, 6) is 0.340. The Morgan fingerprint density at radius 2 is 2.32 bits per heavy atom. The van der Waals surface area contributed by atoms with Gasteiger partial charge in [-0.3, -0.25) is 4.79 Å². The summed E-state index contributed by atoms with van der Waals surface area (Å²) in [5.41, 5.74) is 8.77. The van der Waals surface area contributed by atoms with E-state index in [0.29, 0.717) is 5.75 Å². The molecule has 0 fully saturated rings. The Morgan fingerprint density at radius 3 is 3.00 bits per heavy atom. The van der Waals surface area contributed by atoms with Crippen LogP contribution in [0.1, 0.15) is 16.1 Å². The summed E-state index contributed by atoms with van der Waals surface area (Å²) in [7, 11) is 1.57. The number of aromatic nitrogens is 2. The smallest absolute Gasteiger partial charge is 0.291 e. The first-order valence-corrected chi connectivity index (χ1v) is 5.47. The molecule has 2 rings (SSSR count). The number of para-hydroxylation sites is 1. The number of rotatable bonds is 4. The normalized spacial score (nSPS) is 10.6. The molecule has 0 aliphatic rings. The number of aromatic amines is 1. The van der Waals surface area contributed by atoms with Crippen molar-refractivity contribution in [1.29, 1.82) is 0 Å². The molecule has 2 aromatic rings. The topological polar surface area (TPSA) is 105 Å². The number of hydrazone groups is 1. The zero-order chi connectivity index (χ0) is 13.7. The van der Waals surface area contributed by atoms with Crippen molar-refractivity contribution in [3.63, 3.8) is 0 Å². The third-order valence-electron chi connectivity index (χ3n) is 2.40. The number of H-pyrrole nitrogens is 1. The summed E-state index contributed by atoms with van der Waals surface area (Å²) < 4.78 is 5.15. The standard InChI is InChI=1S/C12H13N5O2/c1-19-9-5-3-2-4-8(9)6-16-17-12(18)10-11(13)15-7-14-10/h2-7H,13H2,1H3,(H,14,15)(H,17,18)/b16-6+. The van der Waals surface area contributed by atoms with Gasteiger partial charge < -0.3 is 15.5 Å². The van der Waals surface area contributed by atoms with E-state index in [-0.39, 0.29) is 11.5 Å². The summed E-state index contributed by atoms with van der Waals surface area (Å²) in [6, 6.07) is 7.31. The first kappa shape index (κ1) is 12.6. The number of anilines is 1. The van der Waals surface area contributed by atoms with Gasteiger partial charge in [0.2, 0.25) is 0 Å². The SMILES string of the molecule is COc1ccccc1/C=N/NC(=O)c1[nH]cnc1N. The maximum absolute atomic E-state index is 11.7. The number of nitrogens with two attached hydrogens (primary N) is 1. The van der Waals surface area contributed by atoms with Gasteiger partial charge >= 0.3 is 0 Å². The summed E-state index contributed by atoms with van der Waals surface area (Å²) in [5, 5.41) is 3.84. The lowest BCUT2D eigenvalue weighted by molar-refractivity contribution is 0.0951. The van der Waals surface area contributed by atoms with Gasteiger partial charge in [-0.2, -0.15) is 5.10 Å². The number of nitrogens with zero attached hydrogens (tertiary/aromatic N) is 2. The number of carbonyl (C=O) groups is 1. The number of ether oxygens (including phenoxy) is 1. The molecule has 7 nitrogen and oxygen atoms in total. The van der Waals surface area contributed by atoms with Crippen LogP contribution in [-0.2, 0) is 0 Å². The fourth-order valence-electron chi connectivity index (χ4n) is 1.48.